The zero-order valence-corrected chi connectivity index (χ0v) is 11.7. The van der Waals surface area contributed by atoms with Crippen LogP contribution in [0.2, 0.25) is 0 Å². The van der Waals surface area contributed by atoms with Gasteiger partial charge in [-0.3, -0.25) is 4.57 Å². The van der Waals surface area contributed by atoms with Gasteiger partial charge in [0.05, 0.1) is 19.9 Å². The monoisotopic (exact) mass is 288 g/mol. The second-order valence-corrected chi connectivity index (χ2v) is 4.47. The van der Waals surface area contributed by atoms with Gasteiger partial charge in [-0.25, -0.2) is 0 Å². The molecule has 1 aromatic carbocycles. The third-order valence-corrected chi connectivity index (χ3v) is 3.35. The van der Waals surface area contributed by atoms with Crippen LogP contribution in [-0.4, -0.2) is 29.0 Å². The van der Waals surface area contributed by atoms with Crippen LogP contribution < -0.4 is 25.8 Å². The van der Waals surface area contributed by atoms with Gasteiger partial charge in [-0.15, -0.1) is 10.2 Å². The molecule has 0 radical (unpaired) electrons. The lowest BCUT2D eigenvalue weighted by Crippen LogP contribution is -2.35. The van der Waals surface area contributed by atoms with Crippen LogP contribution in [0.3, 0.4) is 0 Å². The highest BCUT2D eigenvalue weighted by Gasteiger charge is 2.27. The first kappa shape index (κ1) is 13.3. The number of nitrogens with two attached hydrogens (primary N) is 2. The van der Waals surface area contributed by atoms with Crippen molar-refractivity contribution in [2.24, 2.45) is 5.73 Å². The van der Waals surface area contributed by atoms with Gasteiger partial charge in [0.2, 0.25) is 5.95 Å². The van der Waals surface area contributed by atoms with Crippen LogP contribution >= 0.6 is 0 Å². The van der Waals surface area contributed by atoms with E-state index in [0.29, 0.717) is 23.3 Å². The molecule has 0 amide bonds. The minimum Gasteiger partial charge on any atom is -0.497 e. The summed E-state index contributed by atoms with van der Waals surface area (Å²) in [6, 6.07) is 5.49. The number of ether oxygens (including phenoxy) is 2. The van der Waals surface area contributed by atoms with Crippen molar-refractivity contribution >= 4 is 17.8 Å². The third kappa shape index (κ3) is 2.05. The van der Waals surface area contributed by atoms with E-state index in [9.17, 15) is 0 Å². The van der Waals surface area contributed by atoms with Gasteiger partial charge in [-0.2, -0.15) is 0 Å². The molecule has 1 unspecified atom stereocenters. The van der Waals surface area contributed by atoms with E-state index in [2.05, 4.69) is 10.2 Å². The van der Waals surface area contributed by atoms with Gasteiger partial charge in [-0.1, -0.05) is 0 Å². The van der Waals surface area contributed by atoms with Crippen LogP contribution in [0.4, 0.5) is 11.6 Å². The summed E-state index contributed by atoms with van der Waals surface area (Å²) in [5.74, 6) is 2.24. The first-order valence-corrected chi connectivity index (χ1v) is 6.30. The minimum atomic E-state index is -0.527. The van der Waals surface area contributed by atoms with Crippen molar-refractivity contribution in [1.29, 1.82) is 0 Å². The fourth-order valence-corrected chi connectivity index (χ4v) is 2.25. The maximum atomic E-state index is 6.25. The highest BCUT2D eigenvalue weighted by atomic mass is 16.5. The maximum absolute atomic E-state index is 6.25. The van der Waals surface area contributed by atoms with E-state index >= 15 is 0 Å². The number of fused-ring (bicyclic) bond motifs is 1. The first-order chi connectivity index (χ1) is 10.2. The van der Waals surface area contributed by atoms with Crippen molar-refractivity contribution < 1.29 is 9.47 Å². The van der Waals surface area contributed by atoms with Crippen LogP contribution in [0.15, 0.2) is 24.4 Å². The Kier molecular flexibility index (Phi) is 3.15. The average molecular weight is 288 g/mol. The summed E-state index contributed by atoms with van der Waals surface area (Å²) in [7, 11) is 3.21. The summed E-state index contributed by atoms with van der Waals surface area (Å²) in [6.45, 7) is 0. The molecule has 0 bridgehead atoms. The van der Waals surface area contributed by atoms with Gasteiger partial charge >= 0.3 is 0 Å². The van der Waals surface area contributed by atoms with E-state index in [1.807, 2.05) is 23.1 Å². The molecule has 2 heterocycles. The number of nitrogen functional groups attached to an aromatic ring is 1. The molecule has 2 aromatic rings. The van der Waals surface area contributed by atoms with Gasteiger partial charge in [0, 0.05) is 18.5 Å². The van der Waals surface area contributed by atoms with Gasteiger partial charge in [0.25, 0.3) is 0 Å². The Morgan fingerprint density at radius 2 is 1.95 bits per heavy atom. The summed E-state index contributed by atoms with van der Waals surface area (Å²) in [4.78, 5) is 1.82. The van der Waals surface area contributed by atoms with E-state index in [0.717, 1.165) is 5.69 Å². The number of anilines is 2. The average Bonchev–Trinajstić information content (AvgIpc) is 2.89. The highest BCUT2D eigenvalue weighted by molar-refractivity contribution is 5.66. The van der Waals surface area contributed by atoms with Crippen molar-refractivity contribution in [3.05, 3.63) is 30.2 Å². The van der Waals surface area contributed by atoms with Crippen LogP contribution in [0.25, 0.3) is 6.20 Å². The molecule has 0 aliphatic carbocycles. The molecule has 0 saturated heterocycles. The quantitative estimate of drug-likeness (QED) is 0.860. The Labute approximate surface area is 121 Å². The molecule has 3 rings (SSSR count). The van der Waals surface area contributed by atoms with Gasteiger partial charge in [0.1, 0.15) is 17.7 Å². The number of rotatable bonds is 3. The van der Waals surface area contributed by atoms with Crippen LogP contribution in [-0.2, 0) is 0 Å². The predicted molar refractivity (Wildman–Crippen MR) is 78.7 cm³/mol. The Hall–Kier alpha value is -2.74. The number of benzene rings is 1. The van der Waals surface area contributed by atoms with Crippen LogP contribution in [0.1, 0.15) is 12.0 Å². The number of aromatic nitrogens is 3. The fraction of sp³-hybridized carbons (Fsp3) is 0.231. The van der Waals surface area contributed by atoms with Crippen molar-refractivity contribution in [2.75, 3.05) is 24.9 Å². The van der Waals surface area contributed by atoms with E-state index in [4.69, 9.17) is 20.9 Å². The lowest BCUT2D eigenvalue weighted by atomic mass is 10.2. The molecule has 8 heteroatoms. The normalized spacial score (nSPS) is 16.7. The molecule has 0 fully saturated rings. The van der Waals surface area contributed by atoms with E-state index in [-0.39, 0.29) is 0 Å². The van der Waals surface area contributed by atoms with E-state index in [1.54, 1.807) is 31.2 Å². The van der Waals surface area contributed by atoms with E-state index in [1.165, 1.54) is 0 Å². The zero-order chi connectivity index (χ0) is 15.0. The molecule has 1 aliphatic heterocycles. The van der Waals surface area contributed by atoms with Gasteiger partial charge in [-0.05, 0) is 12.1 Å². The lowest BCUT2D eigenvalue weighted by Gasteiger charge is -2.31. The summed E-state index contributed by atoms with van der Waals surface area (Å²) < 4.78 is 12.3. The van der Waals surface area contributed by atoms with Crippen molar-refractivity contribution in [1.82, 2.24) is 14.8 Å². The Balaban J connectivity index is 2.06. The standard InChI is InChI=1S/C13H16N6O2/c1-20-8-3-4-10(21-2)9(7-8)18-5-6-19-12(11(18)14)16-17-13(19)15/h3-7,11H,14H2,1-2H3,(H2,15,17). The molecule has 1 atom stereocenters. The third-order valence-electron chi connectivity index (χ3n) is 3.35. The molecule has 4 N–H and O–H groups in total. The van der Waals surface area contributed by atoms with Gasteiger partial charge in [0.15, 0.2) is 5.82 Å². The molecule has 0 saturated carbocycles. The second kappa shape index (κ2) is 4.98. The SMILES string of the molecule is COc1ccc(OC)c(N2C=Cn3c(N)nnc3C2N)c1. The molecule has 110 valence electrons. The van der Waals surface area contributed by atoms with Crippen LogP contribution in [0.5, 0.6) is 11.5 Å². The summed E-state index contributed by atoms with van der Waals surface area (Å²) in [5, 5.41) is 7.84. The molecular formula is C13H16N6O2. The second-order valence-electron chi connectivity index (χ2n) is 4.47. The molecule has 1 aliphatic rings. The van der Waals surface area contributed by atoms with Gasteiger partial charge < -0.3 is 25.8 Å². The van der Waals surface area contributed by atoms with Crippen molar-refractivity contribution in [3.63, 3.8) is 0 Å². The smallest absolute Gasteiger partial charge is 0.226 e. The van der Waals surface area contributed by atoms with Crippen molar-refractivity contribution in [2.45, 2.75) is 6.17 Å². The van der Waals surface area contributed by atoms with Crippen molar-refractivity contribution in [3.8, 4) is 11.5 Å². The number of nitrogens with zero attached hydrogens (tertiary/aromatic N) is 4. The first-order valence-electron chi connectivity index (χ1n) is 6.30. The van der Waals surface area contributed by atoms with E-state index < -0.39 is 6.17 Å². The zero-order valence-electron chi connectivity index (χ0n) is 11.7. The Bertz CT molecular complexity index is 696. The minimum absolute atomic E-state index is 0.300. The molecule has 21 heavy (non-hydrogen) atoms. The summed E-state index contributed by atoms with van der Waals surface area (Å²) in [6.07, 6.45) is 3.03. The molecular weight excluding hydrogens is 272 g/mol. The van der Waals surface area contributed by atoms with Crippen LogP contribution in [0, 0.1) is 0 Å². The lowest BCUT2D eigenvalue weighted by molar-refractivity contribution is 0.402. The highest BCUT2D eigenvalue weighted by Crippen LogP contribution is 2.37. The molecule has 1 aromatic heterocycles. The maximum Gasteiger partial charge on any atom is 0.226 e. The summed E-state index contributed by atoms with van der Waals surface area (Å²) >= 11 is 0. The molecule has 8 nitrogen and oxygen atoms in total. The number of hydrogen-bond donors (Lipinski definition) is 2. The Morgan fingerprint density at radius 3 is 2.67 bits per heavy atom. The number of hydrogen-bond acceptors (Lipinski definition) is 7. The Morgan fingerprint density at radius 1 is 1.14 bits per heavy atom. The number of methoxy groups -OCH3 is 2. The molecule has 0 spiro atoms. The predicted octanol–water partition coefficient (Wildman–Crippen LogP) is 0.783. The summed E-state index contributed by atoms with van der Waals surface area (Å²) in [5.41, 5.74) is 12.8. The largest absolute Gasteiger partial charge is 0.497 e. The fourth-order valence-electron chi connectivity index (χ4n) is 2.25. The topological polar surface area (TPSA) is 104 Å².